The van der Waals surface area contributed by atoms with E-state index in [2.05, 4.69) is 4.99 Å². The van der Waals surface area contributed by atoms with Gasteiger partial charge in [0.1, 0.15) is 5.75 Å². The molecule has 4 heteroatoms. The highest BCUT2D eigenvalue weighted by Crippen LogP contribution is 2.24. The predicted octanol–water partition coefficient (Wildman–Crippen LogP) is 4.75. The van der Waals surface area contributed by atoms with Gasteiger partial charge in [-0.05, 0) is 48.0 Å². The first kappa shape index (κ1) is 12.9. The highest BCUT2D eigenvalue weighted by atomic mass is 35.5. The third kappa shape index (κ3) is 3.49. The van der Waals surface area contributed by atoms with Gasteiger partial charge >= 0.3 is 0 Å². The minimum Gasteiger partial charge on any atom is -0.497 e. The van der Waals surface area contributed by atoms with Gasteiger partial charge in [0.2, 0.25) is 0 Å². The molecule has 0 saturated heterocycles. The Morgan fingerprint density at radius 2 is 1.61 bits per heavy atom. The molecule has 0 amide bonds. The average Bonchev–Trinajstić information content (AvgIpc) is 2.36. The van der Waals surface area contributed by atoms with Crippen molar-refractivity contribution in [2.24, 2.45) is 4.99 Å². The second-order valence-corrected chi connectivity index (χ2v) is 4.53. The Bertz CT molecular complexity index is 544. The SMILES string of the molecule is COc1ccc(/C=N/c2cc(Cl)cc(Cl)c2)cc1. The summed E-state index contributed by atoms with van der Waals surface area (Å²) in [6, 6.07) is 12.8. The van der Waals surface area contributed by atoms with Gasteiger partial charge in [-0.15, -0.1) is 0 Å². The Morgan fingerprint density at radius 1 is 1.00 bits per heavy atom. The number of hydrogen-bond donors (Lipinski definition) is 0. The van der Waals surface area contributed by atoms with E-state index in [4.69, 9.17) is 27.9 Å². The second kappa shape index (κ2) is 5.89. The van der Waals surface area contributed by atoms with E-state index in [-0.39, 0.29) is 0 Å². The summed E-state index contributed by atoms with van der Waals surface area (Å²) in [6.07, 6.45) is 1.75. The van der Waals surface area contributed by atoms with Crippen LogP contribution < -0.4 is 4.74 Å². The van der Waals surface area contributed by atoms with Gasteiger partial charge in [-0.1, -0.05) is 23.2 Å². The van der Waals surface area contributed by atoms with E-state index in [1.807, 2.05) is 24.3 Å². The first-order chi connectivity index (χ1) is 8.67. The van der Waals surface area contributed by atoms with Gasteiger partial charge < -0.3 is 4.74 Å². The Balaban J connectivity index is 2.18. The molecule has 0 bridgehead atoms. The zero-order valence-corrected chi connectivity index (χ0v) is 11.2. The van der Waals surface area contributed by atoms with Gasteiger partial charge in [0.05, 0.1) is 12.8 Å². The van der Waals surface area contributed by atoms with Crippen LogP contribution in [0.15, 0.2) is 47.5 Å². The first-order valence-electron chi connectivity index (χ1n) is 5.31. The maximum Gasteiger partial charge on any atom is 0.118 e. The summed E-state index contributed by atoms with van der Waals surface area (Å²) in [7, 11) is 1.64. The number of ether oxygens (including phenoxy) is 1. The van der Waals surface area contributed by atoms with E-state index in [1.165, 1.54) is 0 Å². The highest BCUT2D eigenvalue weighted by molar-refractivity contribution is 6.35. The zero-order valence-electron chi connectivity index (χ0n) is 9.73. The largest absolute Gasteiger partial charge is 0.497 e. The molecule has 0 atom stereocenters. The number of halogens is 2. The lowest BCUT2D eigenvalue weighted by atomic mass is 10.2. The van der Waals surface area contributed by atoms with Crippen molar-refractivity contribution in [3.05, 3.63) is 58.1 Å². The second-order valence-electron chi connectivity index (χ2n) is 3.66. The first-order valence-corrected chi connectivity index (χ1v) is 6.07. The van der Waals surface area contributed by atoms with Crippen molar-refractivity contribution in [2.45, 2.75) is 0 Å². The van der Waals surface area contributed by atoms with Gasteiger partial charge in [0, 0.05) is 16.3 Å². The smallest absolute Gasteiger partial charge is 0.118 e. The molecule has 0 aromatic heterocycles. The van der Waals surface area contributed by atoms with E-state index in [0.29, 0.717) is 10.0 Å². The fourth-order valence-electron chi connectivity index (χ4n) is 1.45. The molecule has 0 radical (unpaired) electrons. The molecule has 0 aliphatic rings. The average molecular weight is 280 g/mol. The number of methoxy groups -OCH3 is 1. The Labute approximate surface area is 116 Å². The van der Waals surface area contributed by atoms with Crippen molar-refractivity contribution in [2.75, 3.05) is 7.11 Å². The standard InChI is InChI=1S/C14H11Cl2NO/c1-18-14-4-2-10(3-5-14)9-17-13-7-11(15)6-12(16)8-13/h2-9H,1H3/b17-9+. The van der Waals surface area contributed by atoms with E-state index >= 15 is 0 Å². The summed E-state index contributed by atoms with van der Waals surface area (Å²) in [5, 5.41) is 1.15. The summed E-state index contributed by atoms with van der Waals surface area (Å²) in [5.41, 5.74) is 1.70. The van der Waals surface area contributed by atoms with E-state index < -0.39 is 0 Å². The van der Waals surface area contributed by atoms with Gasteiger partial charge in [0.15, 0.2) is 0 Å². The summed E-state index contributed by atoms with van der Waals surface area (Å²) < 4.78 is 5.08. The predicted molar refractivity (Wildman–Crippen MR) is 76.7 cm³/mol. The molecule has 0 fully saturated rings. The normalized spacial score (nSPS) is 10.8. The van der Waals surface area contributed by atoms with Crippen LogP contribution in [0.25, 0.3) is 0 Å². The van der Waals surface area contributed by atoms with Crippen LogP contribution in [-0.2, 0) is 0 Å². The maximum atomic E-state index is 5.90. The van der Waals surface area contributed by atoms with Gasteiger partial charge in [-0.25, -0.2) is 0 Å². The maximum absolute atomic E-state index is 5.90. The lowest BCUT2D eigenvalue weighted by molar-refractivity contribution is 0.415. The number of rotatable bonds is 3. The quantitative estimate of drug-likeness (QED) is 0.743. The summed E-state index contributed by atoms with van der Waals surface area (Å²) >= 11 is 11.8. The summed E-state index contributed by atoms with van der Waals surface area (Å²) in [5.74, 6) is 0.818. The van der Waals surface area contributed by atoms with E-state index in [1.54, 1.807) is 31.5 Å². The van der Waals surface area contributed by atoms with Crippen LogP contribution in [0.1, 0.15) is 5.56 Å². The van der Waals surface area contributed by atoms with E-state index in [0.717, 1.165) is 17.0 Å². The number of hydrogen-bond acceptors (Lipinski definition) is 2. The van der Waals surface area contributed by atoms with Crippen molar-refractivity contribution in [3.63, 3.8) is 0 Å². The van der Waals surface area contributed by atoms with Crippen LogP contribution in [0.2, 0.25) is 10.0 Å². The molecule has 0 aliphatic heterocycles. The molecule has 0 aliphatic carbocycles. The molecule has 2 rings (SSSR count). The van der Waals surface area contributed by atoms with E-state index in [9.17, 15) is 0 Å². The number of benzene rings is 2. The molecular formula is C14H11Cl2NO. The fourth-order valence-corrected chi connectivity index (χ4v) is 1.97. The molecule has 2 aromatic carbocycles. The minimum absolute atomic E-state index is 0.574. The number of nitrogens with zero attached hydrogens (tertiary/aromatic N) is 1. The third-order valence-corrected chi connectivity index (χ3v) is 2.76. The van der Waals surface area contributed by atoms with Crippen LogP contribution in [-0.4, -0.2) is 13.3 Å². The van der Waals surface area contributed by atoms with Gasteiger partial charge in [-0.2, -0.15) is 0 Å². The Hall–Kier alpha value is -1.51. The molecule has 0 unspecified atom stereocenters. The molecule has 2 aromatic rings. The summed E-state index contributed by atoms with van der Waals surface area (Å²) in [6.45, 7) is 0. The molecule has 92 valence electrons. The van der Waals surface area contributed by atoms with Crippen LogP contribution in [0.5, 0.6) is 5.75 Å². The molecule has 0 heterocycles. The van der Waals surface area contributed by atoms with Crippen molar-refractivity contribution in [3.8, 4) is 5.75 Å². The molecule has 18 heavy (non-hydrogen) atoms. The van der Waals surface area contributed by atoms with Crippen molar-refractivity contribution >= 4 is 35.1 Å². The summed E-state index contributed by atoms with van der Waals surface area (Å²) in [4.78, 5) is 4.32. The van der Waals surface area contributed by atoms with Gasteiger partial charge in [0.25, 0.3) is 0 Å². The molecule has 2 nitrogen and oxygen atoms in total. The molecule has 0 N–H and O–H groups in total. The van der Waals surface area contributed by atoms with Crippen LogP contribution in [0, 0.1) is 0 Å². The third-order valence-electron chi connectivity index (χ3n) is 2.33. The topological polar surface area (TPSA) is 21.6 Å². The lowest BCUT2D eigenvalue weighted by Crippen LogP contribution is -1.84. The number of aliphatic imine (C=N–C) groups is 1. The fraction of sp³-hybridized carbons (Fsp3) is 0.0714. The molecular weight excluding hydrogens is 269 g/mol. The highest BCUT2D eigenvalue weighted by Gasteiger charge is 1.96. The Morgan fingerprint density at radius 3 is 2.17 bits per heavy atom. The van der Waals surface area contributed by atoms with Crippen LogP contribution >= 0.6 is 23.2 Å². The van der Waals surface area contributed by atoms with Crippen molar-refractivity contribution < 1.29 is 4.74 Å². The lowest BCUT2D eigenvalue weighted by Gasteiger charge is -1.99. The molecule has 0 spiro atoms. The van der Waals surface area contributed by atoms with Gasteiger partial charge in [-0.3, -0.25) is 4.99 Å². The van der Waals surface area contributed by atoms with Crippen molar-refractivity contribution in [1.82, 2.24) is 0 Å². The zero-order chi connectivity index (χ0) is 13.0. The monoisotopic (exact) mass is 279 g/mol. The van der Waals surface area contributed by atoms with Crippen LogP contribution in [0.3, 0.4) is 0 Å². The molecule has 0 saturated carbocycles. The van der Waals surface area contributed by atoms with Crippen molar-refractivity contribution in [1.29, 1.82) is 0 Å². The Kier molecular flexibility index (Phi) is 4.24. The minimum atomic E-state index is 0.574. The van der Waals surface area contributed by atoms with Crippen LogP contribution in [0.4, 0.5) is 5.69 Å².